The smallest absolute Gasteiger partial charge is 0.239 e. The molecule has 0 bridgehead atoms. The maximum Gasteiger partial charge on any atom is 0.239 e. The van der Waals surface area contributed by atoms with Crippen LogP contribution in [-0.4, -0.2) is 33.4 Å². The number of amides is 1. The lowest BCUT2D eigenvalue weighted by Crippen LogP contribution is -2.32. The van der Waals surface area contributed by atoms with Crippen molar-refractivity contribution in [1.82, 2.24) is 9.97 Å². The predicted molar refractivity (Wildman–Crippen MR) is 109 cm³/mol. The number of nitrogens with zero attached hydrogens (tertiary/aromatic N) is 3. The number of rotatable bonds is 7. The van der Waals surface area contributed by atoms with Crippen LogP contribution < -0.4 is 9.64 Å². The molecular weight excluding hydrogens is 382 g/mol. The summed E-state index contributed by atoms with van der Waals surface area (Å²) in [7, 11) is 0. The Bertz CT molecular complexity index is 944. The largest absolute Gasteiger partial charge is 0.494 e. The van der Waals surface area contributed by atoms with Gasteiger partial charge in [0.2, 0.25) is 5.91 Å². The molecule has 0 N–H and O–H groups in total. The molecule has 1 aromatic carbocycles. The third-order valence-corrected chi connectivity index (χ3v) is 5.48. The van der Waals surface area contributed by atoms with Gasteiger partial charge in [0.15, 0.2) is 10.2 Å². The van der Waals surface area contributed by atoms with Crippen LogP contribution in [0.25, 0.3) is 10.2 Å². The van der Waals surface area contributed by atoms with E-state index in [0.29, 0.717) is 18.3 Å². The van der Waals surface area contributed by atoms with E-state index in [2.05, 4.69) is 9.97 Å². The number of hydrogen-bond acceptors (Lipinski definition) is 7. The molecule has 3 aromatic rings. The summed E-state index contributed by atoms with van der Waals surface area (Å²) in [6.07, 6.45) is 1.69. The second-order valence-corrected chi connectivity index (χ2v) is 7.80. The van der Waals surface area contributed by atoms with Gasteiger partial charge in [-0.2, -0.15) is 0 Å². The van der Waals surface area contributed by atoms with E-state index in [4.69, 9.17) is 4.74 Å². The molecule has 8 heteroatoms. The molecule has 0 aliphatic carbocycles. The average molecular weight is 402 g/mol. The van der Waals surface area contributed by atoms with Crippen LogP contribution in [0, 0.1) is 0 Å². The number of aromatic nitrogens is 2. The monoisotopic (exact) mass is 401 g/mol. The molecule has 2 heterocycles. The first-order chi connectivity index (χ1) is 13.1. The Hall–Kier alpha value is -2.45. The standard InChI is InChI=1S/C19H19N3O3S2/c1-3-25-15-7-8-16-17(10-15)27-19(21-16)22(18(24)12-26-13(2)23)11-14-6-4-5-9-20-14/h4-10H,3,11-12H2,1-2H3. The number of benzene rings is 1. The molecule has 0 saturated carbocycles. The first kappa shape index (κ1) is 19.3. The van der Waals surface area contributed by atoms with Crippen LogP contribution >= 0.6 is 23.1 Å². The zero-order chi connectivity index (χ0) is 19.2. The number of anilines is 1. The molecule has 0 aliphatic heterocycles. The molecule has 0 fully saturated rings. The number of thiazole rings is 1. The number of fused-ring (bicyclic) bond motifs is 1. The summed E-state index contributed by atoms with van der Waals surface area (Å²) in [4.78, 5) is 34.5. The summed E-state index contributed by atoms with van der Waals surface area (Å²) < 4.78 is 6.48. The number of carbonyl (C=O) groups is 2. The fraction of sp³-hybridized carbons (Fsp3) is 0.263. The van der Waals surface area contributed by atoms with Crippen molar-refractivity contribution in [3.63, 3.8) is 0 Å². The van der Waals surface area contributed by atoms with E-state index in [1.165, 1.54) is 18.3 Å². The van der Waals surface area contributed by atoms with Crippen molar-refractivity contribution in [3.05, 3.63) is 48.3 Å². The number of pyridine rings is 1. The first-order valence-electron chi connectivity index (χ1n) is 8.44. The molecule has 0 saturated heterocycles. The van der Waals surface area contributed by atoms with Gasteiger partial charge < -0.3 is 4.74 Å². The molecule has 0 aliphatic rings. The van der Waals surface area contributed by atoms with Gasteiger partial charge in [-0.15, -0.1) is 0 Å². The summed E-state index contributed by atoms with van der Waals surface area (Å²) in [5, 5.41) is 0.491. The highest BCUT2D eigenvalue weighted by molar-refractivity contribution is 8.14. The maximum absolute atomic E-state index is 12.8. The summed E-state index contributed by atoms with van der Waals surface area (Å²) in [6, 6.07) is 11.2. The molecule has 0 atom stereocenters. The molecule has 3 rings (SSSR count). The van der Waals surface area contributed by atoms with Crippen molar-refractivity contribution >= 4 is 49.5 Å². The van der Waals surface area contributed by atoms with Gasteiger partial charge in [0, 0.05) is 13.1 Å². The Balaban J connectivity index is 1.92. The van der Waals surface area contributed by atoms with Gasteiger partial charge in [0.25, 0.3) is 0 Å². The highest BCUT2D eigenvalue weighted by Crippen LogP contribution is 2.32. The fourth-order valence-corrected chi connectivity index (χ4v) is 3.92. The van der Waals surface area contributed by atoms with Crippen LogP contribution in [-0.2, 0) is 16.1 Å². The fourth-order valence-electron chi connectivity index (χ4n) is 2.42. The maximum atomic E-state index is 12.8. The van der Waals surface area contributed by atoms with Crippen molar-refractivity contribution in [3.8, 4) is 5.75 Å². The Kier molecular flexibility index (Phi) is 6.41. The summed E-state index contributed by atoms with van der Waals surface area (Å²) in [5.41, 5.74) is 1.56. The van der Waals surface area contributed by atoms with Crippen LogP contribution in [0.3, 0.4) is 0 Å². The lowest BCUT2D eigenvalue weighted by Gasteiger charge is -2.19. The van der Waals surface area contributed by atoms with Crippen molar-refractivity contribution in [1.29, 1.82) is 0 Å². The highest BCUT2D eigenvalue weighted by Gasteiger charge is 2.21. The number of carbonyl (C=O) groups excluding carboxylic acids is 2. The van der Waals surface area contributed by atoms with E-state index >= 15 is 0 Å². The molecule has 140 valence electrons. The van der Waals surface area contributed by atoms with Crippen molar-refractivity contribution < 1.29 is 14.3 Å². The Morgan fingerprint density at radius 1 is 1.26 bits per heavy atom. The van der Waals surface area contributed by atoms with Gasteiger partial charge in [-0.05, 0) is 37.3 Å². The second kappa shape index (κ2) is 8.96. The Morgan fingerprint density at radius 2 is 2.11 bits per heavy atom. The molecule has 0 radical (unpaired) electrons. The van der Waals surface area contributed by atoms with Gasteiger partial charge in [0.1, 0.15) is 5.75 Å². The van der Waals surface area contributed by atoms with E-state index in [9.17, 15) is 9.59 Å². The minimum atomic E-state index is -0.176. The Morgan fingerprint density at radius 3 is 2.81 bits per heavy atom. The van der Waals surface area contributed by atoms with Crippen LogP contribution in [0.1, 0.15) is 19.5 Å². The lowest BCUT2D eigenvalue weighted by atomic mass is 10.3. The van der Waals surface area contributed by atoms with Crippen LogP contribution in [0.5, 0.6) is 5.75 Å². The molecule has 0 unspecified atom stereocenters. The van der Waals surface area contributed by atoms with E-state index in [1.807, 2.05) is 43.3 Å². The summed E-state index contributed by atoms with van der Waals surface area (Å²) in [6.45, 7) is 4.27. The lowest BCUT2D eigenvalue weighted by molar-refractivity contribution is -0.116. The number of hydrogen-bond donors (Lipinski definition) is 0. The quantitative estimate of drug-likeness (QED) is 0.598. The van der Waals surface area contributed by atoms with Gasteiger partial charge in [-0.25, -0.2) is 4.98 Å². The van der Waals surface area contributed by atoms with Crippen LogP contribution in [0.4, 0.5) is 5.13 Å². The van der Waals surface area contributed by atoms with Gasteiger partial charge in [-0.3, -0.25) is 19.5 Å². The molecular formula is C19H19N3O3S2. The minimum Gasteiger partial charge on any atom is -0.494 e. The zero-order valence-electron chi connectivity index (χ0n) is 15.0. The third kappa shape index (κ3) is 5.05. The zero-order valence-corrected chi connectivity index (χ0v) is 16.7. The molecule has 6 nitrogen and oxygen atoms in total. The van der Waals surface area contributed by atoms with E-state index < -0.39 is 0 Å². The van der Waals surface area contributed by atoms with Crippen LogP contribution in [0.2, 0.25) is 0 Å². The summed E-state index contributed by atoms with van der Waals surface area (Å²) >= 11 is 2.41. The molecule has 27 heavy (non-hydrogen) atoms. The van der Waals surface area contributed by atoms with E-state index in [-0.39, 0.29) is 16.8 Å². The Labute approximate surface area is 165 Å². The predicted octanol–water partition coefficient (Wildman–Crippen LogP) is 3.90. The first-order valence-corrected chi connectivity index (χ1v) is 10.2. The highest BCUT2D eigenvalue weighted by atomic mass is 32.2. The molecule has 2 aromatic heterocycles. The van der Waals surface area contributed by atoms with Gasteiger partial charge in [0.05, 0.1) is 34.8 Å². The van der Waals surface area contributed by atoms with E-state index in [0.717, 1.165) is 33.4 Å². The number of thioether (sulfide) groups is 1. The van der Waals surface area contributed by atoms with Crippen molar-refractivity contribution in [2.75, 3.05) is 17.3 Å². The minimum absolute atomic E-state index is 0.0717. The van der Waals surface area contributed by atoms with Gasteiger partial charge in [-0.1, -0.05) is 29.2 Å². The third-order valence-electron chi connectivity index (χ3n) is 3.64. The normalized spacial score (nSPS) is 10.7. The van der Waals surface area contributed by atoms with Crippen molar-refractivity contribution in [2.45, 2.75) is 20.4 Å². The topological polar surface area (TPSA) is 72.4 Å². The summed E-state index contributed by atoms with van der Waals surface area (Å²) in [5.74, 6) is 0.669. The van der Waals surface area contributed by atoms with E-state index in [1.54, 1.807) is 11.1 Å². The average Bonchev–Trinajstić information content (AvgIpc) is 3.08. The van der Waals surface area contributed by atoms with Gasteiger partial charge >= 0.3 is 0 Å². The number of ether oxygens (including phenoxy) is 1. The second-order valence-electron chi connectivity index (χ2n) is 5.64. The van der Waals surface area contributed by atoms with Crippen molar-refractivity contribution in [2.24, 2.45) is 0 Å². The SMILES string of the molecule is CCOc1ccc2nc(N(Cc3ccccn3)C(=O)CSC(C)=O)sc2c1. The molecule has 1 amide bonds. The molecule has 0 spiro atoms. The van der Waals surface area contributed by atoms with Crippen LogP contribution in [0.15, 0.2) is 42.6 Å².